The molecule has 0 spiro atoms. The molecule has 0 atom stereocenters. The van der Waals surface area contributed by atoms with E-state index in [1.807, 2.05) is 0 Å². The molecule has 330 valence electrons. The van der Waals surface area contributed by atoms with Crippen molar-refractivity contribution in [2.24, 2.45) is 0 Å². The van der Waals surface area contributed by atoms with E-state index in [2.05, 4.69) is 271 Å². The highest BCUT2D eigenvalue weighted by atomic mass is 15.2. The lowest BCUT2D eigenvalue weighted by Gasteiger charge is -2.45. The van der Waals surface area contributed by atoms with Crippen LogP contribution in [0.5, 0.6) is 0 Å². The first kappa shape index (κ1) is 40.7. The number of hydrogen-bond donors (Lipinski definition) is 0. The van der Waals surface area contributed by atoms with Gasteiger partial charge in [0.05, 0.1) is 11.4 Å². The minimum atomic E-state index is -0.118. The van der Waals surface area contributed by atoms with Crippen molar-refractivity contribution in [3.05, 3.63) is 261 Å². The van der Waals surface area contributed by atoms with Gasteiger partial charge in [-0.15, -0.1) is 0 Å². The van der Waals surface area contributed by atoms with Gasteiger partial charge in [-0.1, -0.05) is 206 Å². The number of hydrogen-bond acceptors (Lipinski definition) is 4. The molecule has 14 rings (SSSR count). The van der Waals surface area contributed by atoms with Crippen molar-refractivity contribution in [1.29, 1.82) is 0 Å². The average Bonchev–Trinajstić information content (AvgIpc) is 3.45. The van der Waals surface area contributed by atoms with Gasteiger partial charge in [0, 0.05) is 50.8 Å². The molecular formula is C66H43BN4. The van der Waals surface area contributed by atoms with Gasteiger partial charge in [0.15, 0.2) is 5.82 Å². The standard InChI is InChI=1S/C66H43BN4/c1-5-17-44(18-6-1)46-29-35-53(36-30-46)70-59-39-33-48-21-13-15-27-55(48)63(59)67-64-56-28-16-14-22-49(56)34-40-60(64)71(54-37-31-47(32-38-54)45-19-7-2-8-20-45)62-42-52(41-61(70)65(62)67)66-68-57(50-23-9-3-10-24-50)43-58(69-66)51-25-11-4-12-26-51/h1-43H. The molecule has 0 radical (unpaired) electrons. The first-order chi connectivity index (χ1) is 35.2. The number of nitrogens with zero attached hydrogens (tertiary/aromatic N) is 4. The second-order valence-corrected chi connectivity index (χ2v) is 18.5. The second kappa shape index (κ2) is 16.7. The quantitative estimate of drug-likeness (QED) is 0.149. The number of fused-ring (bicyclic) bond motifs is 8. The zero-order valence-electron chi connectivity index (χ0n) is 38.7. The Morgan fingerprint density at radius 1 is 0.268 bits per heavy atom. The Balaban J connectivity index is 1.10. The van der Waals surface area contributed by atoms with Crippen LogP contribution in [0.2, 0.25) is 0 Å². The maximum absolute atomic E-state index is 5.47. The van der Waals surface area contributed by atoms with Crippen LogP contribution in [-0.2, 0) is 0 Å². The molecule has 2 aliphatic rings. The van der Waals surface area contributed by atoms with Gasteiger partial charge in [-0.05, 0) is 115 Å². The Labute approximate surface area is 413 Å². The van der Waals surface area contributed by atoms with E-state index in [-0.39, 0.29) is 6.71 Å². The summed E-state index contributed by atoms with van der Waals surface area (Å²) in [6, 6.07) is 94.3. The highest BCUT2D eigenvalue weighted by Gasteiger charge is 2.45. The summed E-state index contributed by atoms with van der Waals surface area (Å²) in [7, 11) is 0. The lowest BCUT2D eigenvalue weighted by Crippen LogP contribution is -2.61. The van der Waals surface area contributed by atoms with E-state index in [0.29, 0.717) is 5.82 Å². The predicted octanol–water partition coefficient (Wildman–Crippen LogP) is 15.2. The molecule has 0 amide bonds. The minimum absolute atomic E-state index is 0.118. The number of benzene rings is 11. The predicted molar refractivity (Wildman–Crippen MR) is 298 cm³/mol. The molecule has 12 aromatic rings. The molecule has 0 unspecified atom stereocenters. The Morgan fingerprint density at radius 2 is 0.634 bits per heavy atom. The fraction of sp³-hybridized carbons (Fsp3) is 0. The molecule has 0 aliphatic carbocycles. The molecule has 0 fully saturated rings. The first-order valence-electron chi connectivity index (χ1n) is 24.3. The summed E-state index contributed by atoms with van der Waals surface area (Å²) >= 11 is 0. The van der Waals surface area contributed by atoms with Gasteiger partial charge in [-0.2, -0.15) is 0 Å². The van der Waals surface area contributed by atoms with Gasteiger partial charge in [-0.3, -0.25) is 0 Å². The van der Waals surface area contributed by atoms with Crippen LogP contribution in [0.25, 0.3) is 77.7 Å². The number of aromatic nitrogens is 2. The summed E-state index contributed by atoms with van der Waals surface area (Å²) in [5.41, 5.74) is 19.9. The van der Waals surface area contributed by atoms with Crippen LogP contribution in [0.15, 0.2) is 261 Å². The molecule has 2 aliphatic heterocycles. The smallest absolute Gasteiger partial charge is 0.253 e. The van der Waals surface area contributed by atoms with Gasteiger partial charge < -0.3 is 9.80 Å². The highest BCUT2D eigenvalue weighted by Crippen LogP contribution is 2.48. The molecule has 0 saturated carbocycles. The van der Waals surface area contributed by atoms with E-state index < -0.39 is 0 Å². The number of anilines is 6. The van der Waals surface area contributed by atoms with Crippen LogP contribution < -0.4 is 26.2 Å². The Morgan fingerprint density at radius 3 is 1.06 bits per heavy atom. The van der Waals surface area contributed by atoms with E-state index in [1.165, 1.54) is 60.2 Å². The molecule has 0 saturated heterocycles. The van der Waals surface area contributed by atoms with Gasteiger partial charge in [0.1, 0.15) is 0 Å². The van der Waals surface area contributed by atoms with Crippen molar-refractivity contribution in [1.82, 2.24) is 9.97 Å². The molecule has 1 aromatic heterocycles. The van der Waals surface area contributed by atoms with E-state index >= 15 is 0 Å². The van der Waals surface area contributed by atoms with Crippen LogP contribution in [0, 0.1) is 0 Å². The fourth-order valence-electron chi connectivity index (χ4n) is 11.2. The van der Waals surface area contributed by atoms with Crippen molar-refractivity contribution in [2.45, 2.75) is 0 Å². The van der Waals surface area contributed by atoms with E-state index in [9.17, 15) is 0 Å². The maximum Gasteiger partial charge on any atom is 0.253 e. The lowest BCUT2D eigenvalue weighted by molar-refractivity contribution is 1.18. The number of rotatable bonds is 7. The third kappa shape index (κ3) is 6.85. The van der Waals surface area contributed by atoms with Crippen LogP contribution in [0.4, 0.5) is 34.1 Å². The maximum atomic E-state index is 5.47. The van der Waals surface area contributed by atoms with Gasteiger partial charge >= 0.3 is 0 Å². The average molecular weight is 903 g/mol. The van der Waals surface area contributed by atoms with Crippen molar-refractivity contribution >= 4 is 78.8 Å². The lowest BCUT2D eigenvalue weighted by atomic mass is 9.32. The molecule has 0 N–H and O–H groups in total. The topological polar surface area (TPSA) is 32.3 Å². The summed E-state index contributed by atoms with van der Waals surface area (Å²) in [6.45, 7) is -0.118. The van der Waals surface area contributed by atoms with Crippen LogP contribution >= 0.6 is 0 Å². The largest absolute Gasteiger partial charge is 0.311 e. The third-order valence-electron chi connectivity index (χ3n) is 14.5. The molecule has 0 bridgehead atoms. The van der Waals surface area contributed by atoms with Crippen molar-refractivity contribution < 1.29 is 0 Å². The Bertz CT molecular complexity index is 3720. The summed E-state index contributed by atoms with van der Waals surface area (Å²) in [5.74, 6) is 0.660. The summed E-state index contributed by atoms with van der Waals surface area (Å²) in [6.07, 6.45) is 0. The monoisotopic (exact) mass is 902 g/mol. The molecule has 4 nitrogen and oxygen atoms in total. The van der Waals surface area contributed by atoms with Crippen molar-refractivity contribution in [3.63, 3.8) is 0 Å². The molecule has 71 heavy (non-hydrogen) atoms. The Kier molecular flexibility index (Phi) is 9.59. The molecular weight excluding hydrogens is 860 g/mol. The van der Waals surface area contributed by atoms with E-state index in [1.54, 1.807) is 0 Å². The zero-order valence-corrected chi connectivity index (χ0v) is 38.7. The van der Waals surface area contributed by atoms with E-state index in [0.717, 1.165) is 62.2 Å². The molecule has 3 heterocycles. The highest BCUT2D eigenvalue weighted by molar-refractivity contribution is 7.03. The minimum Gasteiger partial charge on any atom is -0.311 e. The Hall–Kier alpha value is -9.32. The fourth-order valence-corrected chi connectivity index (χ4v) is 11.2. The van der Waals surface area contributed by atoms with Gasteiger partial charge in [-0.25, -0.2) is 9.97 Å². The summed E-state index contributed by atoms with van der Waals surface area (Å²) in [5, 5.41) is 4.92. The summed E-state index contributed by atoms with van der Waals surface area (Å²) < 4.78 is 0. The van der Waals surface area contributed by atoms with Crippen molar-refractivity contribution in [3.8, 4) is 56.2 Å². The van der Waals surface area contributed by atoms with Crippen LogP contribution in [0.3, 0.4) is 0 Å². The molecule has 5 heteroatoms. The first-order valence-corrected chi connectivity index (χ1v) is 24.3. The normalized spacial score (nSPS) is 12.4. The third-order valence-corrected chi connectivity index (χ3v) is 14.5. The van der Waals surface area contributed by atoms with E-state index in [4.69, 9.17) is 9.97 Å². The molecule has 11 aromatic carbocycles. The van der Waals surface area contributed by atoms with Gasteiger partial charge in [0.25, 0.3) is 6.71 Å². The SMILES string of the molecule is c1ccc(-c2ccc(N3c4cc(-c5nc(-c6ccccc6)cc(-c6ccccc6)n5)cc5c4B(c4c3ccc3ccccc43)c3c(ccc4ccccc34)N5c3ccc(-c4ccccc4)cc3)cc2)cc1. The van der Waals surface area contributed by atoms with Gasteiger partial charge in [0.2, 0.25) is 0 Å². The van der Waals surface area contributed by atoms with Crippen LogP contribution in [0.1, 0.15) is 0 Å². The second-order valence-electron chi connectivity index (χ2n) is 18.5. The zero-order chi connectivity index (χ0) is 46.8. The van der Waals surface area contributed by atoms with Crippen LogP contribution in [-0.4, -0.2) is 16.7 Å². The van der Waals surface area contributed by atoms with Crippen molar-refractivity contribution in [2.75, 3.05) is 9.80 Å². The summed E-state index contributed by atoms with van der Waals surface area (Å²) in [4.78, 5) is 15.9.